The molecule has 0 atom stereocenters. The minimum absolute atomic E-state index is 0.0548. The highest BCUT2D eigenvalue weighted by Gasteiger charge is 1.99. The summed E-state index contributed by atoms with van der Waals surface area (Å²) >= 11 is 0. The summed E-state index contributed by atoms with van der Waals surface area (Å²) < 4.78 is 0. The van der Waals surface area contributed by atoms with Crippen molar-refractivity contribution in [3.63, 3.8) is 0 Å². The molecule has 0 saturated heterocycles. The zero-order valence-electron chi connectivity index (χ0n) is 4.50. The van der Waals surface area contributed by atoms with Gasteiger partial charge in [0.25, 0.3) is 0 Å². The van der Waals surface area contributed by atoms with Crippen LogP contribution in [0.25, 0.3) is 0 Å². The number of hydrogen-bond donors (Lipinski definition) is 1. The molecule has 0 aromatic rings. The average Bonchev–Trinajstić information content (AvgIpc) is 2.14. The maximum Gasteiger partial charge on any atom is 0.0659 e. The highest BCUT2D eigenvalue weighted by Crippen LogP contribution is 2.04. The normalized spacial score (nSPS) is 16.0. The van der Waals surface area contributed by atoms with E-state index >= 15 is 0 Å². The summed E-state index contributed by atoms with van der Waals surface area (Å²) in [6.45, 7) is 0. The molecule has 5 heteroatoms. The third kappa shape index (κ3) is 1.17. The van der Waals surface area contributed by atoms with E-state index in [1.165, 1.54) is 6.08 Å². The standard InChI is InChI=1S/C4H4N2O2Si/c5-3-1-2-4(9-3)6(7)8/h1-2H,5H2/q-1. The minimum atomic E-state index is -0.408. The first kappa shape index (κ1) is 6.02. The Morgan fingerprint density at radius 1 is 1.67 bits per heavy atom. The van der Waals surface area contributed by atoms with Crippen molar-refractivity contribution < 1.29 is 4.92 Å². The van der Waals surface area contributed by atoms with Crippen LogP contribution in [0.3, 0.4) is 0 Å². The first-order chi connectivity index (χ1) is 4.20. The molecular weight excluding hydrogens is 136 g/mol. The van der Waals surface area contributed by atoms with Crippen molar-refractivity contribution in [3.05, 3.63) is 32.9 Å². The van der Waals surface area contributed by atoms with Gasteiger partial charge in [-0.3, -0.25) is 19.6 Å². The predicted octanol–water partition coefficient (Wildman–Crippen LogP) is -0.378. The Morgan fingerprint density at radius 3 is 2.56 bits per heavy atom. The highest BCUT2D eigenvalue weighted by atomic mass is 28.2. The Hall–Kier alpha value is -1.10. The molecule has 0 spiro atoms. The van der Waals surface area contributed by atoms with Gasteiger partial charge < -0.3 is 5.73 Å². The van der Waals surface area contributed by atoms with Gasteiger partial charge in [-0.1, -0.05) is 6.08 Å². The van der Waals surface area contributed by atoms with Crippen molar-refractivity contribution in [3.8, 4) is 0 Å². The van der Waals surface area contributed by atoms with Crippen LogP contribution in [-0.2, 0) is 0 Å². The van der Waals surface area contributed by atoms with Gasteiger partial charge in [-0.25, -0.2) is 0 Å². The van der Waals surface area contributed by atoms with Crippen molar-refractivity contribution >= 4 is 9.52 Å². The average molecular weight is 140 g/mol. The molecule has 0 unspecified atom stereocenters. The van der Waals surface area contributed by atoms with Gasteiger partial charge in [0.2, 0.25) is 0 Å². The Labute approximate surface area is 54.0 Å². The van der Waals surface area contributed by atoms with Crippen LogP contribution in [0.1, 0.15) is 0 Å². The van der Waals surface area contributed by atoms with E-state index in [0.29, 0.717) is 5.32 Å². The monoisotopic (exact) mass is 140 g/mol. The third-order valence-electron chi connectivity index (χ3n) is 0.890. The Kier molecular flexibility index (Phi) is 1.35. The lowest BCUT2D eigenvalue weighted by molar-refractivity contribution is -0.412. The fraction of sp³-hybridized carbons (Fsp3) is 0. The van der Waals surface area contributed by atoms with Crippen LogP contribution in [0.4, 0.5) is 0 Å². The smallest absolute Gasteiger partial charge is 0.0659 e. The molecule has 1 heterocycles. The number of allylic oxidation sites excluding steroid dienone is 2. The summed E-state index contributed by atoms with van der Waals surface area (Å²) in [5.41, 5.74) is 5.28. The van der Waals surface area contributed by atoms with E-state index in [-0.39, 0.29) is 14.8 Å². The van der Waals surface area contributed by atoms with Crippen LogP contribution in [0, 0.1) is 10.1 Å². The summed E-state index contributed by atoms with van der Waals surface area (Å²) in [7, 11) is 0.0548. The molecule has 0 aliphatic carbocycles. The van der Waals surface area contributed by atoms with Crippen LogP contribution in [0.2, 0.25) is 0 Å². The number of hydrogen-bond acceptors (Lipinski definition) is 3. The second kappa shape index (κ2) is 2.02. The van der Waals surface area contributed by atoms with Crippen LogP contribution in [0.15, 0.2) is 22.8 Å². The molecular formula is C4H4N2O2Si-. The third-order valence-corrected chi connectivity index (χ3v) is 1.95. The van der Waals surface area contributed by atoms with Crippen LogP contribution < -0.4 is 5.73 Å². The maximum atomic E-state index is 10.0. The van der Waals surface area contributed by atoms with Crippen molar-refractivity contribution in [1.29, 1.82) is 0 Å². The summed E-state index contributed by atoms with van der Waals surface area (Å²) in [5, 5.41) is 10.8. The Morgan fingerprint density at radius 2 is 2.33 bits per heavy atom. The van der Waals surface area contributed by atoms with Gasteiger partial charge in [-0.15, -0.1) is 0 Å². The molecule has 0 bridgehead atoms. The largest absolute Gasteiger partial charge is 0.435 e. The molecule has 0 amide bonds. The molecule has 4 nitrogen and oxygen atoms in total. The van der Waals surface area contributed by atoms with Crippen molar-refractivity contribution in [2.24, 2.45) is 5.73 Å². The number of nitro groups is 1. The molecule has 2 N–H and O–H groups in total. The topological polar surface area (TPSA) is 69.2 Å². The SMILES string of the molecule is NC1=CC=C([N+](=O)[O-])[Si-]1. The van der Waals surface area contributed by atoms with Crippen molar-refractivity contribution in [1.82, 2.24) is 0 Å². The van der Waals surface area contributed by atoms with Gasteiger partial charge in [0.05, 0.1) is 5.32 Å². The Balaban J connectivity index is 2.64. The second-order valence-electron chi connectivity index (χ2n) is 1.56. The van der Waals surface area contributed by atoms with E-state index in [4.69, 9.17) is 5.73 Å². The Bertz CT molecular complexity index is 209. The first-order valence-electron chi connectivity index (χ1n) is 2.29. The molecule has 9 heavy (non-hydrogen) atoms. The van der Waals surface area contributed by atoms with Crippen molar-refractivity contribution in [2.45, 2.75) is 0 Å². The quantitative estimate of drug-likeness (QED) is 0.307. The second-order valence-corrected chi connectivity index (χ2v) is 2.90. The van der Waals surface area contributed by atoms with Gasteiger partial charge in [0.15, 0.2) is 0 Å². The van der Waals surface area contributed by atoms with Crippen LogP contribution >= 0.6 is 0 Å². The molecule has 1 aliphatic heterocycles. The van der Waals surface area contributed by atoms with Gasteiger partial charge >= 0.3 is 0 Å². The van der Waals surface area contributed by atoms with Gasteiger partial charge in [-0.05, 0) is 6.08 Å². The molecule has 0 fully saturated rings. The van der Waals surface area contributed by atoms with E-state index in [0.717, 1.165) is 0 Å². The first-order valence-corrected chi connectivity index (χ1v) is 3.29. The number of nitrogens with zero attached hydrogens (tertiary/aromatic N) is 1. The van der Waals surface area contributed by atoms with E-state index in [1.807, 2.05) is 0 Å². The summed E-state index contributed by atoms with van der Waals surface area (Å²) in [6.07, 6.45) is 3.00. The maximum absolute atomic E-state index is 10.0. The van der Waals surface area contributed by atoms with Gasteiger partial charge in [0.1, 0.15) is 0 Å². The van der Waals surface area contributed by atoms with Crippen molar-refractivity contribution in [2.75, 3.05) is 0 Å². The zero-order valence-corrected chi connectivity index (χ0v) is 5.50. The van der Waals surface area contributed by atoms with E-state index < -0.39 is 4.92 Å². The molecule has 47 valence electrons. The predicted molar refractivity (Wildman–Crippen MR) is 33.1 cm³/mol. The fourth-order valence-electron chi connectivity index (χ4n) is 0.506. The summed E-state index contributed by atoms with van der Waals surface area (Å²) in [5.74, 6) is 0. The van der Waals surface area contributed by atoms with E-state index in [1.54, 1.807) is 6.08 Å². The van der Waals surface area contributed by atoms with E-state index in [2.05, 4.69) is 0 Å². The number of rotatable bonds is 1. The molecule has 1 radical (unpaired) electrons. The lowest BCUT2D eigenvalue weighted by Gasteiger charge is -2.06. The van der Waals surface area contributed by atoms with Crippen LogP contribution in [0.5, 0.6) is 0 Å². The van der Waals surface area contributed by atoms with Crippen LogP contribution in [-0.4, -0.2) is 14.4 Å². The molecule has 0 aromatic heterocycles. The zero-order chi connectivity index (χ0) is 6.85. The summed E-state index contributed by atoms with van der Waals surface area (Å²) in [4.78, 5) is 9.59. The molecule has 1 aliphatic rings. The van der Waals surface area contributed by atoms with E-state index in [9.17, 15) is 10.1 Å². The molecule has 1 rings (SSSR count). The minimum Gasteiger partial charge on any atom is -0.435 e. The lowest BCUT2D eigenvalue weighted by atomic mass is 10.6. The lowest BCUT2D eigenvalue weighted by Crippen LogP contribution is -2.10. The summed E-state index contributed by atoms with van der Waals surface area (Å²) in [6, 6.07) is 0. The fourth-order valence-corrected chi connectivity index (χ4v) is 1.23. The highest BCUT2D eigenvalue weighted by molar-refractivity contribution is 6.53. The van der Waals surface area contributed by atoms with Gasteiger partial charge in [0, 0.05) is 4.92 Å². The number of nitrogens with two attached hydrogens (primary N) is 1. The van der Waals surface area contributed by atoms with Gasteiger partial charge in [-0.2, -0.15) is 5.32 Å². The molecule has 0 saturated carbocycles. The molecule has 0 aromatic carbocycles.